The summed E-state index contributed by atoms with van der Waals surface area (Å²) in [4.78, 5) is 4.63. The van der Waals surface area contributed by atoms with Gasteiger partial charge in [-0.25, -0.2) is 0 Å². The molecule has 0 saturated carbocycles. The summed E-state index contributed by atoms with van der Waals surface area (Å²) < 4.78 is 0. The third-order valence-corrected chi connectivity index (χ3v) is 2.51. The molecule has 2 N–H and O–H groups in total. The summed E-state index contributed by atoms with van der Waals surface area (Å²) in [7, 11) is 6.44. The summed E-state index contributed by atoms with van der Waals surface area (Å²) in [6, 6.07) is 0. The number of hydrogen-bond acceptors (Lipinski definition) is 3. The molecule has 3 heteroatoms. The molecule has 0 aliphatic carbocycles. The van der Waals surface area contributed by atoms with Crippen molar-refractivity contribution in [2.45, 2.75) is 38.6 Å². The Balaban J connectivity index is 3.37. The molecule has 0 aromatic rings. The second kappa shape index (κ2) is 7.20. The van der Waals surface area contributed by atoms with Crippen LogP contribution in [0.15, 0.2) is 0 Å². The smallest absolute Gasteiger partial charge is 0.00975 e. The first kappa shape index (κ1) is 14.9. The van der Waals surface area contributed by atoms with Gasteiger partial charge in [0.15, 0.2) is 0 Å². The highest BCUT2D eigenvalue weighted by molar-refractivity contribution is 4.71. The lowest BCUT2D eigenvalue weighted by Gasteiger charge is -2.22. The fourth-order valence-corrected chi connectivity index (χ4v) is 1.57. The predicted octanol–water partition coefficient (Wildman–Crippen LogP) is 1.39. The fraction of sp³-hybridized carbons (Fsp3) is 1.00. The number of nitrogens with zero attached hydrogens (tertiary/aromatic N) is 2. The van der Waals surface area contributed by atoms with E-state index >= 15 is 0 Å². The Morgan fingerprint density at radius 2 is 1.47 bits per heavy atom. The van der Waals surface area contributed by atoms with Gasteiger partial charge in [0.25, 0.3) is 0 Å². The SMILES string of the molecule is CN(C)CCCN(C)CCCC(C)(C)N. The van der Waals surface area contributed by atoms with Crippen molar-refractivity contribution in [2.24, 2.45) is 5.73 Å². The van der Waals surface area contributed by atoms with E-state index in [4.69, 9.17) is 5.73 Å². The molecule has 92 valence electrons. The molecule has 0 aliphatic heterocycles. The molecule has 0 unspecified atom stereocenters. The Morgan fingerprint density at radius 1 is 0.933 bits per heavy atom. The molecule has 0 aromatic heterocycles. The third kappa shape index (κ3) is 11.8. The standard InChI is InChI=1S/C12H29N3/c1-12(2,13)8-6-10-15(5)11-7-9-14(3)4/h6-11,13H2,1-5H3. The first-order valence-corrected chi connectivity index (χ1v) is 5.93. The topological polar surface area (TPSA) is 32.5 Å². The number of hydrogen-bond donors (Lipinski definition) is 1. The zero-order valence-corrected chi connectivity index (χ0v) is 11.2. The molecule has 0 aliphatic rings. The lowest BCUT2D eigenvalue weighted by atomic mass is 10.0. The van der Waals surface area contributed by atoms with Gasteiger partial charge in [0.1, 0.15) is 0 Å². The minimum atomic E-state index is -0.00945. The molecule has 0 saturated heterocycles. The van der Waals surface area contributed by atoms with Crippen molar-refractivity contribution in [3.8, 4) is 0 Å². The van der Waals surface area contributed by atoms with Crippen LogP contribution in [0.3, 0.4) is 0 Å². The summed E-state index contributed by atoms with van der Waals surface area (Å²) in [5.41, 5.74) is 5.93. The Hall–Kier alpha value is -0.120. The van der Waals surface area contributed by atoms with Crippen LogP contribution in [0.4, 0.5) is 0 Å². The highest BCUT2D eigenvalue weighted by Gasteiger charge is 2.10. The third-order valence-electron chi connectivity index (χ3n) is 2.51. The fourth-order valence-electron chi connectivity index (χ4n) is 1.57. The van der Waals surface area contributed by atoms with Crippen LogP contribution in [-0.2, 0) is 0 Å². The summed E-state index contributed by atoms with van der Waals surface area (Å²) in [6.07, 6.45) is 3.54. The molecular weight excluding hydrogens is 186 g/mol. The molecule has 0 radical (unpaired) electrons. The van der Waals surface area contributed by atoms with Gasteiger partial charge in [-0.3, -0.25) is 0 Å². The van der Waals surface area contributed by atoms with E-state index < -0.39 is 0 Å². The van der Waals surface area contributed by atoms with Gasteiger partial charge in [0.2, 0.25) is 0 Å². The lowest BCUT2D eigenvalue weighted by molar-refractivity contribution is 0.286. The molecule has 0 heterocycles. The van der Waals surface area contributed by atoms with Crippen LogP contribution in [0.25, 0.3) is 0 Å². The molecule has 0 atom stereocenters. The Kier molecular flexibility index (Phi) is 7.14. The number of nitrogens with two attached hydrogens (primary N) is 1. The van der Waals surface area contributed by atoms with Crippen LogP contribution < -0.4 is 5.73 Å². The first-order valence-electron chi connectivity index (χ1n) is 5.93. The second-order valence-electron chi connectivity index (χ2n) is 5.55. The van der Waals surface area contributed by atoms with Crippen molar-refractivity contribution >= 4 is 0 Å². The number of rotatable bonds is 8. The Labute approximate surface area is 95.6 Å². The van der Waals surface area contributed by atoms with Crippen LogP contribution in [0.5, 0.6) is 0 Å². The molecule has 0 rings (SSSR count). The van der Waals surface area contributed by atoms with Gasteiger partial charge in [-0.2, -0.15) is 0 Å². The quantitative estimate of drug-likeness (QED) is 0.664. The minimum Gasteiger partial charge on any atom is -0.326 e. The van der Waals surface area contributed by atoms with Gasteiger partial charge < -0.3 is 15.5 Å². The predicted molar refractivity (Wildman–Crippen MR) is 68.2 cm³/mol. The maximum absolute atomic E-state index is 5.94. The molecule has 0 amide bonds. The van der Waals surface area contributed by atoms with Crippen LogP contribution in [0, 0.1) is 0 Å². The van der Waals surface area contributed by atoms with E-state index in [0.717, 1.165) is 13.0 Å². The maximum atomic E-state index is 5.94. The Morgan fingerprint density at radius 3 is 1.93 bits per heavy atom. The van der Waals surface area contributed by atoms with E-state index in [9.17, 15) is 0 Å². The van der Waals surface area contributed by atoms with Crippen molar-refractivity contribution in [1.82, 2.24) is 9.80 Å². The van der Waals surface area contributed by atoms with Crippen LogP contribution in [0.2, 0.25) is 0 Å². The van der Waals surface area contributed by atoms with Crippen LogP contribution in [0.1, 0.15) is 33.1 Å². The van der Waals surface area contributed by atoms with Gasteiger partial charge in [-0.15, -0.1) is 0 Å². The highest BCUT2D eigenvalue weighted by atomic mass is 15.1. The molecule has 15 heavy (non-hydrogen) atoms. The van der Waals surface area contributed by atoms with Crippen molar-refractivity contribution in [3.05, 3.63) is 0 Å². The van der Waals surface area contributed by atoms with Crippen LogP contribution >= 0.6 is 0 Å². The second-order valence-corrected chi connectivity index (χ2v) is 5.55. The van der Waals surface area contributed by atoms with Gasteiger partial charge in [0, 0.05) is 5.54 Å². The van der Waals surface area contributed by atoms with E-state index in [1.165, 1.54) is 25.9 Å². The van der Waals surface area contributed by atoms with E-state index in [1.54, 1.807) is 0 Å². The van der Waals surface area contributed by atoms with Crippen molar-refractivity contribution in [2.75, 3.05) is 40.8 Å². The molecule has 3 nitrogen and oxygen atoms in total. The molecular formula is C12H29N3. The van der Waals surface area contributed by atoms with Crippen molar-refractivity contribution in [1.29, 1.82) is 0 Å². The van der Waals surface area contributed by atoms with E-state index in [2.05, 4.69) is 44.8 Å². The van der Waals surface area contributed by atoms with E-state index in [0.29, 0.717) is 0 Å². The summed E-state index contributed by atoms with van der Waals surface area (Å²) >= 11 is 0. The molecule has 0 spiro atoms. The monoisotopic (exact) mass is 215 g/mol. The normalized spacial score (nSPS) is 12.8. The molecule has 0 fully saturated rings. The summed E-state index contributed by atoms with van der Waals surface area (Å²) in [5, 5.41) is 0. The Bertz CT molecular complexity index is 149. The van der Waals surface area contributed by atoms with Gasteiger partial charge in [0.05, 0.1) is 0 Å². The lowest BCUT2D eigenvalue weighted by Crippen LogP contribution is -2.33. The average molecular weight is 215 g/mol. The maximum Gasteiger partial charge on any atom is 0.00975 e. The zero-order chi connectivity index (χ0) is 11.9. The zero-order valence-electron chi connectivity index (χ0n) is 11.2. The summed E-state index contributed by atoms with van der Waals surface area (Å²) in [6.45, 7) is 7.71. The van der Waals surface area contributed by atoms with Gasteiger partial charge in [-0.1, -0.05) is 0 Å². The van der Waals surface area contributed by atoms with Gasteiger partial charge >= 0.3 is 0 Å². The summed E-state index contributed by atoms with van der Waals surface area (Å²) in [5.74, 6) is 0. The van der Waals surface area contributed by atoms with E-state index in [-0.39, 0.29) is 5.54 Å². The van der Waals surface area contributed by atoms with Crippen molar-refractivity contribution < 1.29 is 0 Å². The molecule has 0 aromatic carbocycles. The average Bonchev–Trinajstić information content (AvgIpc) is 2.00. The van der Waals surface area contributed by atoms with Crippen LogP contribution in [-0.4, -0.2) is 56.1 Å². The molecule has 0 bridgehead atoms. The largest absolute Gasteiger partial charge is 0.326 e. The highest BCUT2D eigenvalue weighted by Crippen LogP contribution is 2.07. The first-order chi connectivity index (χ1) is 6.81. The minimum absolute atomic E-state index is 0.00945. The van der Waals surface area contributed by atoms with Crippen molar-refractivity contribution in [3.63, 3.8) is 0 Å². The van der Waals surface area contributed by atoms with E-state index in [1.807, 2.05) is 0 Å². The van der Waals surface area contributed by atoms with Gasteiger partial charge in [-0.05, 0) is 73.9 Å².